The molecule has 3 nitrogen and oxygen atoms in total. The van der Waals surface area contributed by atoms with Gasteiger partial charge in [-0.15, -0.1) is 0 Å². The third-order valence-corrected chi connectivity index (χ3v) is 2.68. The number of hydrogen-bond donors (Lipinski definition) is 1. The number of nitrogens with zero attached hydrogens (tertiary/aromatic N) is 2. The van der Waals surface area contributed by atoms with Crippen molar-refractivity contribution in [2.45, 2.75) is 32.4 Å². The Balaban J connectivity index is 3.05. The van der Waals surface area contributed by atoms with E-state index in [-0.39, 0.29) is 0 Å². The zero-order valence-corrected chi connectivity index (χ0v) is 10.2. The summed E-state index contributed by atoms with van der Waals surface area (Å²) < 4.78 is 0. The summed E-state index contributed by atoms with van der Waals surface area (Å²) in [5.41, 5.74) is -0.132. The van der Waals surface area contributed by atoms with Crippen molar-refractivity contribution in [2.75, 3.05) is 7.05 Å². The Morgan fingerprint density at radius 2 is 2.31 bits per heavy atom. The van der Waals surface area contributed by atoms with Crippen LogP contribution >= 0.6 is 0 Å². The van der Waals surface area contributed by atoms with Crippen LogP contribution in [0.3, 0.4) is 0 Å². The molecule has 1 unspecified atom stereocenters. The Morgan fingerprint density at radius 3 is 2.81 bits per heavy atom. The van der Waals surface area contributed by atoms with Crippen molar-refractivity contribution in [1.82, 2.24) is 9.88 Å². The molecule has 0 aliphatic rings. The van der Waals surface area contributed by atoms with Crippen molar-refractivity contribution >= 4 is 0 Å². The minimum absolute atomic E-state index is 0.680. The van der Waals surface area contributed by atoms with Crippen LogP contribution in [0.4, 0.5) is 0 Å². The topological polar surface area (TPSA) is 36.4 Å². The van der Waals surface area contributed by atoms with E-state index in [0.717, 1.165) is 12.0 Å². The summed E-state index contributed by atoms with van der Waals surface area (Å²) in [5.74, 6) is 0. The highest BCUT2D eigenvalue weighted by Crippen LogP contribution is 2.29. The molecule has 0 saturated carbocycles. The predicted molar refractivity (Wildman–Crippen MR) is 65.6 cm³/mol. The lowest BCUT2D eigenvalue weighted by Crippen LogP contribution is -2.40. The van der Waals surface area contributed by atoms with Gasteiger partial charge in [-0.05, 0) is 25.6 Å². The molecule has 1 rings (SSSR count). The zero-order valence-electron chi connectivity index (χ0n) is 10.2. The maximum absolute atomic E-state index is 10.7. The number of aliphatic hydroxyl groups is 1. The van der Waals surface area contributed by atoms with Crippen molar-refractivity contribution < 1.29 is 5.11 Å². The van der Waals surface area contributed by atoms with Gasteiger partial charge in [0.2, 0.25) is 0 Å². The van der Waals surface area contributed by atoms with Crippen molar-refractivity contribution in [3.05, 3.63) is 42.4 Å². The Kier molecular flexibility index (Phi) is 4.50. The lowest BCUT2D eigenvalue weighted by molar-refractivity contribution is -0.0850. The Morgan fingerprint density at radius 1 is 1.56 bits per heavy atom. The van der Waals surface area contributed by atoms with Gasteiger partial charge in [-0.25, -0.2) is 0 Å². The quantitative estimate of drug-likeness (QED) is 0.774. The van der Waals surface area contributed by atoms with Crippen molar-refractivity contribution in [1.29, 1.82) is 0 Å². The largest absolute Gasteiger partial charge is 0.367 e. The summed E-state index contributed by atoms with van der Waals surface area (Å²) >= 11 is 0. The number of allylic oxidation sites excluding steroid dienone is 1. The first kappa shape index (κ1) is 12.7. The minimum atomic E-state index is -0.963. The minimum Gasteiger partial charge on any atom is -0.367 e. The molecule has 0 fully saturated rings. The average molecular weight is 220 g/mol. The van der Waals surface area contributed by atoms with Crippen LogP contribution in [-0.2, 0) is 5.72 Å². The van der Waals surface area contributed by atoms with E-state index in [1.54, 1.807) is 12.4 Å². The molecule has 1 aromatic heterocycles. The monoisotopic (exact) mass is 220 g/mol. The summed E-state index contributed by atoms with van der Waals surface area (Å²) in [6, 6.07) is 3.75. The van der Waals surface area contributed by atoms with Crippen molar-refractivity contribution in [3.8, 4) is 0 Å². The van der Waals surface area contributed by atoms with Crippen LogP contribution in [0.5, 0.6) is 0 Å². The standard InChI is InChI=1S/C13H20N2O/c1-4-8-13(16,15(3)10-5-2)12-7-6-9-14-11-12/h5-7,9-11,16H,4,8H2,1-3H3. The van der Waals surface area contributed by atoms with Gasteiger partial charge < -0.3 is 10.0 Å². The first-order valence-corrected chi connectivity index (χ1v) is 5.63. The summed E-state index contributed by atoms with van der Waals surface area (Å²) in [6.07, 6.45) is 8.81. The maximum atomic E-state index is 10.7. The fourth-order valence-electron chi connectivity index (χ4n) is 1.82. The van der Waals surface area contributed by atoms with Gasteiger partial charge in [0.05, 0.1) is 0 Å². The second-order valence-electron chi connectivity index (χ2n) is 3.90. The maximum Gasteiger partial charge on any atom is 0.165 e. The lowest BCUT2D eigenvalue weighted by Gasteiger charge is -2.36. The third kappa shape index (κ3) is 2.61. The molecular formula is C13H20N2O. The second kappa shape index (κ2) is 5.66. The highest BCUT2D eigenvalue weighted by Gasteiger charge is 2.31. The second-order valence-corrected chi connectivity index (χ2v) is 3.90. The molecule has 88 valence electrons. The SMILES string of the molecule is CC=CN(C)C(O)(CCC)c1cccnc1. The highest BCUT2D eigenvalue weighted by molar-refractivity contribution is 5.18. The van der Waals surface area contributed by atoms with Crippen LogP contribution in [0.1, 0.15) is 32.3 Å². The first-order chi connectivity index (χ1) is 7.65. The summed E-state index contributed by atoms with van der Waals surface area (Å²) in [4.78, 5) is 5.89. The molecule has 0 saturated heterocycles. The van der Waals surface area contributed by atoms with Gasteiger partial charge in [0.25, 0.3) is 0 Å². The van der Waals surface area contributed by atoms with Crippen LogP contribution in [-0.4, -0.2) is 22.0 Å². The Labute approximate surface area is 97.4 Å². The molecule has 0 amide bonds. The van der Waals surface area contributed by atoms with E-state index in [9.17, 15) is 5.11 Å². The zero-order chi connectivity index (χ0) is 12.0. The van der Waals surface area contributed by atoms with E-state index in [1.807, 2.05) is 43.3 Å². The normalized spacial score (nSPS) is 15.0. The van der Waals surface area contributed by atoms with E-state index in [1.165, 1.54) is 0 Å². The molecule has 1 heterocycles. The Bertz CT molecular complexity index is 337. The molecule has 1 atom stereocenters. The fourth-order valence-corrected chi connectivity index (χ4v) is 1.82. The number of hydrogen-bond acceptors (Lipinski definition) is 3. The third-order valence-electron chi connectivity index (χ3n) is 2.68. The Hall–Kier alpha value is -1.35. The predicted octanol–water partition coefficient (Wildman–Crippen LogP) is 2.49. The number of rotatable bonds is 5. The van der Waals surface area contributed by atoms with Crippen molar-refractivity contribution in [3.63, 3.8) is 0 Å². The van der Waals surface area contributed by atoms with Gasteiger partial charge in [0.1, 0.15) is 0 Å². The van der Waals surface area contributed by atoms with Crippen LogP contribution in [0.15, 0.2) is 36.8 Å². The molecule has 16 heavy (non-hydrogen) atoms. The molecule has 0 aliphatic heterocycles. The van der Waals surface area contributed by atoms with Crippen LogP contribution in [0.2, 0.25) is 0 Å². The summed E-state index contributed by atoms with van der Waals surface area (Å²) in [6.45, 7) is 4.00. The van der Waals surface area contributed by atoms with E-state index in [4.69, 9.17) is 0 Å². The lowest BCUT2D eigenvalue weighted by atomic mass is 9.98. The van der Waals surface area contributed by atoms with Crippen molar-refractivity contribution in [2.24, 2.45) is 0 Å². The average Bonchev–Trinajstić information content (AvgIpc) is 2.30. The van der Waals surface area contributed by atoms with E-state index < -0.39 is 5.72 Å². The molecule has 1 N–H and O–H groups in total. The van der Waals surface area contributed by atoms with Gasteiger partial charge in [0.15, 0.2) is 5.72 Å². The number of aromatic nitrogens is 1. The molecule has 0 bridgehead atoms. The molecule has 3 heteroatoms. The molecular weight excluding hydrogens is 200 g/mol. The summed E-state index contributed by atoms with van der Waals surface area (Å²) in [5, 5.41) is 10.7. The van der Waals surface area contributed by atoms with E-state index >= 15 is 0 Å². The molecule has 1 aromatic rings. The van der Waals surface area contributed by atoms with Gasteiger partial charge in [-0.2, -0.15) is 0 Å². The van der Waals surface area contributed by atoms with Crippen LogP contribution in [0.25, 0.3) is 0 Å². The van der Waals surface area contributed by atoms with E-state index in [2.05, 4.69) is 11.9 Å². The molecule has 0 radical (unpaired) electrons. The first-order valence-electron chi connectivity index (χ1n) is 5.63. The highest BCUT2D eigenvalue weighted by atomic mass is 16.3. The number of pyridine rings is 1. The summed E-state index contributed by atoms with van der Waals surface area (Å²) in [7, 11) is 1.88. The smallest absolute Gasteiger partial charge is 0.165 e. The van der Waals surface area contributed by atoms with E-state index in [0.29, 0.717) is 6.42 Å². The molecule has 0 spiro atoms. The molecule has 0 aromatic carbocycles. The van der Waals surface area contributed by atoms with Gasteiger partial charge >= 0.3 is 0 Å². The van der Waals surface area contributed by atoms with Crippen LogP contribution < -0.4 is 0 Å². The van der Waals surface area contributed by atoms with Gasteiger partial charge in [0, 0.05) is 25.0 Å². The molecule has 0 aliphatic carbocycles. The van der Waals surface area contributed by atoms with Crippen LogP contribution in [0, 0.1) is 0 Å². The van der Waals surface area contributed by atoms with Gasteiger partial charge in [-0.3, -0.25) is 4.98 Å². The fraction of sp³-hybridized carbons (Fsp3) is 0.462. The van der Waals surface area contributed by atoms with Gasteiger partial charge in [-0.1, -0.05) is 25.5 Å².